The van der Waals surface area contributed by atoms with Gasteiger partial charge in [0.15, 0.2) is 0 Å². The fourth-order valence-electron chi connectivity index (χ4n) is 2.19. The highest BCUT2D eigenvalue weighted by atomic mass is 16.1. The van der Waals surface area contributed by atoms with E-state index in [2.05, 4.69) is 29.6 Å². The largest absolute Gasteiger partial charge is 0.359 e. The van der Waals surface area contributed by atoms with Crippen molar-refractivity contribution in [2.75, 3.05) is 34.2 Å². The molecule has 1 aliphatic rings. The lowest BCUT2D eigenvalue weighted by Crippen LogP contribution is -2.56. The zero-order chi connectivity index (χ0) is 12.0. The highest BCUT2D eigenvalue weighted by molar-refractivity contribution is 5.75. The summed E-state index contributed by atoms with van der Waals surface area (Å²) in [6, 6.07) is 0. The van der Waals surface area contributed by atoms with Crippen LogP contribution < -0.4 is 10.6 Å². The van der Waals surface area contributed by atoms with Gasteiger partial charge in [0, 0.05) is 25.6 Å². The summed E-state index contributed by atoms with van der Waals surface area (Å²) in [6.07, 6.45) is 5.48. The second kappa shape index (κ2) is 6.21. The van der Waals surface area contributed by atoms with Crippen LogP contribution in [0.15, 0.2) is 0 Å². The lowest BCUT2D eigenvalue weighted by Gasteiger charge is -2.47. The van der Waals surface area contributed by atoms with Crippen molar-refractivity contribution in [1.29, 1.82) is 0 Å². The monoisotopic (exact) mass is 227 g/mol. The molecule has 0 heterocycles. The van der Waals surface area contributed by atoms with E-state index in [-0.39, 0.29) is 5.91 Å². The number of nitrogens with one attached hydrogen (secondary N) is 2. The van der Waals surface area contributed by atoms with Crippen molar-refractivity contribution in [2.45, 2.75) is 37.6 Å². The highest BCUT2D eigenvalue weighted by Crippen LogP contribution is 2.35. The van der Waals surface area contributed by atoms with Crippen LogP contribution >= 0.6 is 0 Å². The predicted molar refractivity (Wildman–Crippen MR) is 66.4 cm³/mol. The molecule has 2 N–H and O–H groups in total. The number of carbonyl (C=O) groups excluding carboxylic acids is 1. The Morgan fingerprint density at radius 2 is 2.06 bits per heavy atom. The number of rotatable bonds is 7. The van der Waals surface area contributed by atoms with Crippen molar-refractivity contribution in [3.63, 3.8) is 0 Å². The molecule has 0 spiro atoms. The summed E-state index contributed by atoms with van der Waals surface area (Å²) in [4.78, 5) is 13.3. The topological polar surface area (TPSA) is 44.4 Å². The van der Waals surface area contributed by atoms with Crippen LogP contribution in [0.25, 0.3) is 0 Å². The van der Waals surface area contributed by atoms with E-state index in [0.29, 0.717) is 12.0 Å². The summed E-state index contributed by atoms with van der Waals surface area (Å²) in [6.45, 7) is 1.98. The van der Waals surface area contributed by atoms with E-state index in [1.807, 2.05) is 0 Å². The van der Waals surface area contributed by atoms with Gasteiger partial charge in [0.05, 0.1) is 0 Å². The Labute approximate surface area is 98.8 Å². The van der Waals surface area contributed by atoms with Gasteiger partial charge in [-0.05, 0) is 46.3 Å². The van der Waals surface area contributed by atoms with E-state index >= 15 is 0 Å². The van der Waals surface area contributed by atoms with Crippen LogP contribution in [0.3, 0.4) is 0 Å². The number of hydrogen-bond acceptors (Lipinski definition) is 3. The molecule has 4 nitrogen and oxygen atoms in total. The molecule has 0 atom stereocenters. The molecular formula is C12H25N3O. The summed E-state index contributed by atoms with van der Waals surface area (Å²) >= 11 is 0. The Morgan fingerprint density at radius 1 is 1.38 bits per heavy atom. The molecule has 4 heteroatoms. The van der Waals surface area contributed by atoms with Gasteiger partial charge in [0.1, 0.15) is 0 Å². The van der Waals surface area contributed by atoms with Gasteiger partial charge in [0.25, 0.3) is 0 Å². The van der Waals surface area contributed by atoms with Crippen molar-refractivity contribution in [1.82, 2.24) is 15.5 Å². The average molecular weight is 227 g/mol. The fourth-order valence-corrected chi connectivity index (χ4v) is 2.19. The Morgan fingerprint density at radius 3 is 2.50 bits per heavy atom. The maximum absolute atomic E-state index is 11.0. The second-order valence-corrected chi connectivity index (χ2v) is 4.93. The third kappa shape index (κ3) is 3.46. The highest BCUT2D eigenvalue weighted by Gasteiger charge is 2.38. The predicted octanol–water partition coefficient (Wildman–Crippen LogP) is 0.587. The van der Waals surface area contributed by atoms with E-state index in [1.54, 1.807) is 7.05 Å². The molecule has 0 unspecified atom stereocenters. The number of amides is 1. The number of hydrogen-bond donors (Lipinski definition) is 2. The summed E-state index contributed by atoms with van der Waals surface area (Å²) in [7, 11) is 6.00. The Balaban J connectivity index is 2.08. The molecule has 1 saturated carbocycles. The van der Waals surface area contributed by atoms with Crippen molar-refractivity contribution >= 4 is 5.91 Å². The molecule has 16 heavy (non-hydrogen) atoms. The first-order valence-electron chi connectivity index (χ1n) is 6.19. The SMILES string of the molecule is CNC(=O)CCCNCC1(N(C)C)CCC1. The van der Waals surface area contributed by atoms with E-state index in [0.717, 1.165) is 19.5 Å². The van der Waals surface area contributed by atoms with E-state index < -0.39 is 0 Å². The van der Waals surface area contributed by atoms with Crippen molar-refractivity contribution in [3.8, 4) is 0 Å². The van der Waals surface area contributed by atoms with Gasteiger partial charge in [-0.2, -0.15) is 0 Å². The average Bonchev–Trinajstić information content (AvgIpc) is 2.19. The van der Waals surface area contributed by atoms with Gasteiger partial charge in [0.2, 0.25) is 5.91 Å². The molecule has 0 radical (unpaired) electrons. The van der Waals surface area contributed by atoms with Crippen LogP contribution in [-0.2, 0) is 4.79 Å². The van der Waals surface area contributed by atoms with Gasteiger partial charge in [-0.15, -0.1) is 0 Å². The smallest absolute Gasteiger partial charge is 0.219 e. The Hall–Kier alpha value is -0.610. The van der Waals surface area contributed by atoms with Crippen LogP contribution in [0.1, 0.15) is 32.1 Å². The molecule has 0 bridgehead atoms. The lowest BCUT2D eigenvalue weighted by molar-refractivity contribution is -0.120. The summed E-state index contributed by atoms with van der Waals surface area (Å²) in [5, 5.41) is 6.11. The van der Waals surface area contributed by atoms with Crippen molar-refractivity contribution < 1.29 is 4.79 Å². The van der Waals surface area contributed by atoms with Crippen LogP contribution in [0.2, 0.25) is 0 Å². The maximum atomic E-state index is 11.0. The molecule has 0 saturated heterocycles. The van der Waals surface area contributed by atoms with E-state index in [4.69, 9.17) is 0 Å². The molecule has 0 aliphatic heterocycles. The molecule has 1 aliphatic carbocycles. The van der Waals surface area contributed by atoms with Crippen LogP contribution in [0.4, 0.5) is 0 Å². The number of likely N-dealkylation sites (N-methyl/N-ethyl adjacent to an activating group) is 1. The Kier molecular flexibility index (Phi) is 5.22. The Bertz CT molecular complexity index is 224. The zero-order valence-corrected chi connectivity index (χ0v) is 10.8. The number of carbonyl (C=O) groups is 1. The van der Waals surface area contributed by atoms with Gasteiger partial charge >= 0.3 is 0 Å². The molecular weight excluding hydrogens is 202 g/mol. The zero-order valence-electron chi connectivity index (χ0n) is 10.8. The third-order valence-electron chi connectivity index (χ3n) is 3.72. The number of nitrogens with zero attached hydrogens (tertiary/aromatic N) is 1. The molecule has 94 valence electrons. The van der Waals surface area contributed by atoms with Gasteiger partial charge in [-0.25, -0.2) is 0 Å². The van der Waals surface area contributed by atoms with Gasteiger partial charge in [-0.1, -0.05) is 0 Å². The minimum absolute atomic E-state index is 0.132. The van der Waals surface area contributed by atoms with Crippen molar-refractivity contribution in [3.05, 3.63) is 0 Å². The molecule has 1 amide bonds. The van der Waals surface area contributed by atoms with Crippen LogP contribution in [-0.4, -0.2) is 50.6 Å². The normalized spacial score (nSPS) is 18.2. The summed E-state index contributed by atoms with van der Waals surface area (Å²) < 4.78 is 0. The third-order valence-corrected chi connectivity index (χ3v) is 3.72. The van der Waals surface area contributed by atoms with Crippen LogP contribution in [0.5, 0.6) is 0 Å². The minimum atomic E-state index is 0.132. The molecule has 1 rings (SSSR count). The summed E-state index contributed by atoms with van der Waals surface area (Å²) in [5.41, 5.74) is 0.382. The first-order valence-corrected chi connectivity index (χ1v) is 6.19. The quantitative estimate of drug-likeness (QED) is 0.626. The van der Waals surface area contributed by atoms with Crippen LogP contribution in [0, 0.1) is 0 Å². The molecule has 0 aromatic rings. The van der Waals surface area contributed by atoms with E-state index in [9.17, 15) is 4.79 Å². The van der Waals surface area contributed by atoms with Gasteiger partial charge < -0.3 is 15.5 Å². The van der Waals surface area contributed by atoms with Crippen molar-refractivity contribution in [2.24, 2.45) is 0 Å². The molecule has 0 aromatic heterocycles. The standard InChI is InChI=1S/C12H25N3O/c1-13-11(16)6-4-9-14-10-12(15(2)3)7-5-8-12/h14H,4-10H2,1-3H3,(H,13,16). The van der Waals surface area contributed by atoms with Gasteiger partial charge in [-0.3, -0.25) is 4.79 Å². The fraction of sp³-hybridized carbons (Fsp3) is 0.917. The maximum Gasteiger partial charge on any atom is 0.219 e. The molecule has 0 aromatic carbocycles. The lowest BCUT2D eigenvalue weighted by atomic mass is 9.75. The first-order chi connectivity index (χ1) is 7.60. The second-order valence-electron chi connectivity index (χ2n) is 4.93. The molecule has 1 fully saturated rings. The summed E-state index contributed by atoms with van der Waals surface area (Å²) in [5.74, 6) is 0.132. The minimum Gasteiger partial charge on any atom is -0.359 e. The first kappa shape index (κ1) is 13.5. The van der Waals surface area contributed by atoms with E-state index in [1.165, 1.54) is 19.3 Å².